The molecule has 1 aromatic rings. The van der Waals surface area contributed by atoms with E-state index in [2.05, 4.69) is 4.74 Å². The molecule has 0 saturated heterocycles. The van der Waals surface area contributed by atoms with E-state index in [1.807, 2.05) is 0 Å². The fourth-order valence-corrected chi connectivity index (χ4v) is 1.18. The van der Waals surface area contributed by atoms with Gasteiger partial charge in [-0.1, -0.05) is 0 Å². The predicted octanol–water partition coefficient (Wildman–Crippen LogP) is 1.86. The lowest BCUT2D eigenvalue weighted by Gasteiger charge is -2.06. The molecule has 1 aromatic carbocycles. The summed E-state index contributed by atoms with van der Waals surface area (Å²) in [5.41, 5.74) is 0.786. The molecule has 4 heteroatoms. The lowest BCUT2D eigenvalue weighted by atomic mass is 10.1. The first-order valence-corrected chi connectivity index (χ1v) is 4.69. The van der Waals surface area contributed by atoms with Crippen LogP contribution in [0, 0.1) is 0 Å². The fourth-order valence-electron chi connectivity index (χ4n) is 1.18. The molecular weight excluding hydrogens is 208 g/mol. The monoisotopic (exact) mass is 222 g/mol. The molecule has 0 aromatic heterocycles. The molecule has 4 nitrogen and oxygen atoms in total. The van der Waals surface area contributed by atoms with Crippen LogP contribution in [-0.4, -0.2) is 27.3 Å². The molecule has 0 spiro atoms. The molecular formula is C12H14O4. The number of esters is 1. The zero-order valence-electron chi connectivity index (χ0n) is 9.52. The molecule has 0 radical (unpaired) electrons. The van der Waals surface area contributed by atoms with E-state index in [0.717, 1.165) is 11.3 Å². The van der Waals surface area contributed by atoms with E-state index in [0.29, 0.717) is 5.76 Å². The molecule has 0 N–H and O–H groups in total. The summed E-state index contributed by atoms with van der Waals surface area (Å²) in [7, 11) is 4.41. The summed E-state index contributed by atoms with van der Waals surface area (Å²) in [6, 6.07) is 7.19. The van der Waals surface area contributed by atoms with Gasteiger partial charge in [-0.15, -0.1) is 0 Å². The maximum Gasteiger partial charge on any atom is 0.334 e. The van der Waals surface area contributed by atoms with Crippen LogP contribution in [0.15, 0.2) is 30.3 Å². The number of carbonyl (C=O) groups excluding carboxylic acids is 1. The molecule has 0 aliphatic rings. The second-order valence-corrected chi connectivity index (χ2v) is 2.96. The predicted molar refractivity (Wildman–Crippen MR) is 60.0 cm³/mol. The van der Waals surface area contributed by atoms with Gasteiger partial charge in [-0.25, -0.2) is 4.79 Å². The smallest absolute Gasteiger partial charge is 0.334 e. The molecule has 0 aliphatic carbocycles. The van der Waals surface area contributed by atoms with E-state index in [-0.39, 0.29) is 0 Å². The molecule has 0 bridgehead atoms. The Labute approximate surface area is 94.4 Å². The first kappa shape index (κ1) is 12.1. The van der Waals surface area contributed by atoms with Crippen molar-refractivity contribution in [3.8, 4) is 5.75 Å². The minimum Gasteiger partial charge on any atom is -0.497 e. The van der Waals surface area contributed by atoms with Crippen LogP contribution in [-0.2, 0) is 14.3 Å². The Kier molecular flexibility index (Phi) is 4.39. The number of hydrogen-bond donors (Lipinski definition) is 0. The van der Waals surface area contributed by atoms with E-state index in [9.17, 15) is 4.79 Å². The van der Waals surface area contributed by atoms with Crippen LogP contribution < -0.4 is 4.74 Å². The fraction of sp³-hybridized carbons (Fsp3) is 0.250. The number of carbonyl (C=O) groups is 1. The summed E-state index contributed by atoms with van der Waals surface area (Å²) in [4.78, 5) is 11.1. The van der Waals surface area contributed by atoms with E-state index >= 15 is 0 Å². The summed E-state index contributed by atoms with van der Waals surface area (Å²) < 4.78 is 14.7. The summed E-state index contributed by atoms with van der Waals surface area (Å²) in [5.74, 6) is 0.749. The average molecular weight is 222 g/mol. The summed E-state index contributed by atoms with van der Waals surface area (Å²) in [6.07, 6.45) is 1.29. The highest BCUT2D eigenvalue weighted by Crippen LogP contribution is 2.19. The van der Waals surface area contributed by atoms with Crippen molar-refractivity contribution in [2.75, 3.05) is 21.3 Å². The van der Waals surface area contributed by atoms with Crippen molar-refractivity contribution in [3.63, 3.8) is 0 Å². The molecule has 86 valence electrons. The van der Waals surface area contributed by atoms with Crippen LogP contribution in [0.2, 0.25) is 0 Å². The number of rotatable bonds is 4. The van der Waals surface area contributed by atoms with Crippen molar-refractivity contribution < 1.29 is 19.0 Å². The summed E-state index contributed by atoms with van der Waals surface area (Å²) >= 11 is 0. The van der Waals surface area contributed by atoms with E-state index < -0.39 is 5.97 Å². The van der Waals surface area contributed by atoms with Crippen LogP contribution in [0.4, 0.5) is 0 Å². The van der Waals surface area contributed by atoms with Crippen LogP contribution in [0.25, 0.3) is 5.76 Å². The Morgan fingerprint density at radius 3 is 2.12 bits per heavy atom. The van der Waals surface area contributed by atoms with Crippen molar-refractivity contribution in [3.05, 3.63) is 35.9 Å². The minimum absolute atomic E-state index is 0.451. The number of hydrogen-bond acceptors (Lipinski definition) is 4. The van der Waals surface area contributed by atoms with Gasteiger partial charge in [0.05, 0.1) is 27.4 Å². The molecule has 0 saturated carbocycles. The molecule has 0 aliphatic heterocycles. The zero-order valence-corrected chi connectivity index (χ0v) is 9.52. The van der Waals surface area contributed by atoms with Gasteiger partial charge >= 0.3 is 5.97 Å². The Morgan fingerprint density at radius 1 is 1.06 bits per heavy atom. The van der Waals surface area contributed by atoms with Gasteiger partial charge in [0.25, 0.3) is 0 Å². The van der Waals surface area contributed by atoms with Crippen LogP contribution in [0.1, 0.15) is 5.56 Å². The summed E-state index contributed by atoms with van der Waals surface area (Å²) in [6.45, 7) is 0. The van der Waals surface area contributed by atoms with Gasteiger partial charge in [0.15, 0.2) is 0 Å². The van der Waals surface area contributed by atoms with Crippen LogP contribution >= 0.6 is 0 Å². The van der Waals surface area contributed by atoms with Crippen molar-refractivity contribution in [2.45, 2.75) is 0 Å². The Morgan fingerprint density at radius 2 is 1.69 bits per heavy atom. The van der Waals surface area contributed by atoms with Gasteiger partial charge in [-0.2, -0.15) is 0 Å². The van der Waals surface area contributed by atoms with Gasteiger partial charge in [-0.3, -0.25) is 0 Å². The molecule has 0 fully saturated rings. The quantitative estimate of drug-likeness (QED) is 0.443. The van der Waals surface area contributed by atoms with Gasteiger partial charge < -0.3 is 14.2 Å². The third-order valence-electron chi connectivity index (χ3n) is 2.04. The lowest BCUT2D eigenvalue weighted by molar-refractivity contribution is -0.134. The Bertz CT molecular complexity index is 379. The molecule has 16 heavy (non-hydrogen) atoms. The Hall–Kier alpha value is -1.97. The average Bonchev–Trinajstić information content (AvgIpc) is 2.35. The Balaban J connectivity index is 2.95. The molecule has 0 atom stereocenters. The van der Waals surface area contributed by atoms with Crippen molar-refractivity contribution in [1.29, 1.82) is 0 Å². The highest BCUT2D eigenvalue weighted by atomic mass is 16.5. The van der Waals surface area contributed by atoms with E-state index in [4.69, 9.17) is 9.47 Å². The molecule has 0 unspecified atom stereocenters. The SMILES string of the molecule is COC(=O)/C=C(\OC)c1ccc(OC)cc1. The van der Waals surface area contributed by atoms with Gasteiger partial charge in [0, 0.05) is 5.56 Å². The first-order valence-electron chi connectivity index (χ1n) is 4.69. The number of methoxy groups -OCH3 is 3. The van der Waals surface area contributed by atoms with Gasteiger partial charge in [0.2, 0.25) is 0 Å². The second kappa shape index (κ2) is 5.80. The van der Waals surface area contributed by atoms with Crippen molar-refractivity contribution in [2.24, 2.45) is 0 Å². The van der Waals surface area contributed by atoms with E-state index in [1.54, 1.807) is 31.4 Å². The van der Waals surface area contributed by atoms with Crippen molar-refractivity contribution >= 4 is 11.7 Å². The van der Waals surface area contributed by atoms with Crippen molar-refractivity contribution in [1.82, 2.24) is 0 Å². The standard InChI is InChI=1S/C12H14O4/c1-14-10-6-4-9(5-7-10)11(15-2)8-12(13)16-3/h4-8H,1-3H3/b11-8-. The minimum atomic E-state index is -0.451. The first-order chi connectivity index (χ1) is 7.71. The topological polar surface area (TPSA) is 44.8 Å². The molecule has 0 amide bonds. The number of benzene rings is 1. The lowest BCUT2D eigenvalue weighted by Crippen LogP contribution is -1.98. The third kappa shape index (κ3) is 3.02. The van der Waals surface area contributed by atoms with Crippen LogP contribution in [0.5, 0.6) is 5.75 Å². The van der Waals surface area contributed by atoms with E-state index in [1.165, 1.54) is 20.3 Å². The summed E-state index contributed by atoms with van der Waals surface area (Å²) in [5, 5.41) is 0. The highest BCUT2D eigenvalue weighted by molar-refractivity contribution is 5.89. The van der Waals surface area contributed by atoms with Crippen LogP contribution in [0.3, 0.4) is 0 Å². The highest BCUT2D eigenvalue weighted by Gasteiger charge is 2.05. The largest absolute Gasteiger partial charge is 0.497 e. The van der Waals surface area contributed by atoms with Gasteiger partial charge in [0.1, 0.15) is 11.5 Å². The normalized spacial score (nSPS) is 10.8. The maximum atomic E-state index is 11.1. The third-order valence-corrected chi connectivity index (χ3v) is 2.04. The zero-order chi connectivity index (χ0) is 12.0. The second-order valence-electron chi connectivity index (χ2n) is 2.96. The molecule has 1 rings (SSSR count). The van der Waals surface area contributed by atoms with Gasteiger partial charge in [-0.05, 0) is 24.3 Å². The molecule has 0 heterocycles. The number of ether oxygens (including phenoxy) is 3. The maximum absolute atomic E-state index is 11.1.